The van der Waals surface area contributed by atoms with Gasteiger partial charge in [-0.05, 0) is 61.6 Å². The molecule has 0 bridgehead atoms. The lowest BCUT2D eigenvalue weighted by Gasteiger charge is -2.19. The van der Waals surface area contributed by atoms with Gasteiger partial charge in [0.1, 0.15) is 4.75 Å². The second-order valence-electron chi connectivity index (χ2n) is 7.60. The third kappa shape index (κ3) is 4.74. The molecule has 0 amide bonds. The summed E-state index contributed by atoms with van der Waals surface area (Å²) in [6, 6.07) is 18.7. The molecule has 0 spiro atoms. The zero-order valence-electron chi connectivity index (χ0n) is 16.7. The van der Waals surface area contributed by atoms with Crippen LogP contribution in [-0.4, -0.2) is 20.8 Å². The fraction of sp³-hybridized carbons (Fsp3) is 0.333. The minimum Gasteiger partial charge on any atom is -0.480 e. The molecule has 0 aliphatic heterocycles. The lowest BCUT2D eigenvalue weighted by atomic mass is 9.98. The molecule has 3 nitrogen and oxygen atoms in total. The van der Waals surface area contributed by atoms with Crippen molar-refractivity contribution in [3.05, 3.63) is 60.2 Å². The van der Waals surface area contributed by atoms with Gasteiger partial charge in [0, 0.05) is 5.39 Å². The molecule has 28 heavy (non-hydrogen) atoms. The van der Waals surface area contributed by atoms with Gasteiger partial charge in [-0.1, -0.05) is 67.9 Å². The fourth-order valence-corrected chi connectivity index (χ4v) is 4.13. The Bertz CT molecular complexity index is 967. The molecule has 3 aromatic rings. The smallest absolute Gasteiger partial charge is 0.319 e. The Morgan fingerprint density at radius 3 is 2.50 bits per heavy atom. The molecule has 0 fully saturated rings. The van der Waals surface area contributed by atoms with Crippen LogP contribution >= 0.6 is 11.8 Å². The largest absolute Gasteiger partial charge is 0.480 e. The number of nitrogens with zero attached hydrogens (tertiary/aromatic N) is 1. The first-order valence-corrected chi connectivity index (χ1v) is 10.6. The number of aryl methyl sites for hydroxylation is 1. The molecule has 0 radical (unpaired) electrons. The van der Waals surface area contributed by atoms with Crippen molar-refractivity contribution in [3.8, 4) is 11.1 Å². The SMILES string of the molecule is CCCCCc1ccc2nc(SC(C)(C)C(=O)O)cc(-c3ccccc3)c2c1. The average molecular weight is 394 g/mol. The van der Waals surface area contributed by atoms with Crippen LogP contribution in [-0.2, 0) is 11.2 Å². The van der Waals surface area contributed by atoms with Crippen molar-refractivity contribution in [3.63, 3.8) is 0 Å². The zero-order valence-corrected chi connectivity index (χ0v) is 17.6. The summed E-state index contributed by atoms with van der Waals surface area (Å²) in [5.41, 5.74) is 4.46. The van der Waals surface area contributed by atoms with Gasteiger partial charge in [0.25, 0.3) is 0 Å². The molecular formula is C24H27NO2S. The second-order valence-corrected chi connectivity index (χ2v) is 9.24. The topological polar surface area (TPSA) is 50.2 Å². The number of unbranched alkanes of at least 4 members (excludes halogenated alkanes) is 2. The first-order chi connectivity index (χ1) is 13.4. The van der Waals surface area contributed by atoms with E-state index in [1.165, 1.54) is 36.6 Å². The van der Waals surface area contributed by atoms with Gasteiger partial charge in [-0.2, -0.15) is 0 Å². The number of benzene rings is 2. The summed E-state index contributed by atoms with van der Waals surface area (Å²) in [7, 11) is 0. The van der Waals surface area contributed by atoms with Gasteiger partial charge < -0.3 is 5.11 Å². The van der Waals surface area contributed by atoms with Gasteiger partial charge in [0.15, 0.2) is 0 Å². The molecule has 0 saturated heterocycles. The Kier molecular flexibility index (Phi) is 6.40. The maximum atomic E-state index is 11.6. The molecule has 0 aliphatic rings. The molecule has 0 atom stereocenters. The van der Waals surface area contributed by atoms with Gasteiger partial charge in [0.2, 0.25) is 0 Å². The molecule has 0 aliphatic carbocycles. The van der Waals surface area contributed by atoms with Crippen LogP contribution in [0.4, 0.5) is 0 Å². The van der Waals surface area contributed by atoms with Crippen molar-refractivity contribution < 1.29 is 9.90 Å². The van der Waals surface area contributed by atoms with Crippen LogP contribution in [0, 0.1) is 0 Å². The average Bonchev–Trinajstić information content (AvgIpc) is 2.68. The Balaban J connectivity index is 2.09. The van der Waals surface area contributed by atoms with Crippen LogP contribution in [0.25, 0.3) is 22.0 Å². The van der Waals surface area contributed by atoms with E-state index in [0.29, 0.717) is 0 Å². The van der Waals surface area contributed by atoms with E-state index in [-0.39, 0.29) is 0 Å². The van der Waals surface area contributed by atoms with E-state index in [0.717, 1.165) is 33.5 Å². The molecule has 1 N–H and O–H groups in total. The number of carbonyl (C=O) groups is 1. The summed E-state index contributed by atoms with van der Waals surface area (Å²) in [5.74, 6) is -0.841. The standard InChI is InChI=1S/C24H27NO2S/c1-4-5-7-10-17-13-14-21-20(15-17)19(18-11-8-6-9-12-18)16-22(25-21)28-24(2,3)23(26)27/h6,8-9,11-16H,4-5,7,10H2,1-3H3,(H,26,27). The van der Waals surface area contributed by atoms with Crippen molar-refractivity contribution in [2.45, 2.75) is 56.2 Å². The molecule has 1 aromatic heterocycles. The molecule has 4 heteroatoms. The van der Waals surface area contributed by atoms with E-state index >= 15 is 0 Å². The third-order valence-corrected chi connectivity index (χ3v) is 5.98. The van der Waals surface area contributed by atoms with Crippen molar-refractivity contribution >= 4 is 28.6 Å². The third-order valence-electron chi connectivity index (χ3n) is 4.88. The van der Waals surface area contributed by atoms with E-state index in [4.69, 9.17) is 4.98 Å². The first-order valence-electron chi connectivity index (χ1n) is 9.82. The molecule has 0 saturated carbocycles. The Hall–Kier alpha value is -2.33. The number of aromatic nitrogens is 1. The maximum Gasteiger partial charge on any atom is 0.319 e. The molecular weight excluding hydrogens is 366 g/mol. The number of carboxylic acids is 1. The van der Waals surface area contributed by atoms with Crippen LogP contribution in [0.2, 0.25) is 0 Å². The highest BCUT2D eigenvalue weighted by Gasteiger charge is 2.29. The highest BCUT2D eigenvalue weighted by molar-refractivity contribution is 8.01. The van der Waals surface area contributed by atoms with Crippen LogP contribution < -0.4 is 0 Å². The van der Waals surface area contributed by atoms with E-state index in [2.05, 4.69) is 37.3 Å². The number of hydrogen-bond donors (Lipinski definition) is 1. The van der Waals surface area contributed by atoms with Crippen LogP contribution in [0.15, 0.2) is 59.6 Å². The predicted molar refractivity (Wildman–Crippen MR) is 118 cm³/mol. The lowest BCUT2D eigenvalue weighted by Crippen LogP contribution is -2.27. The maximum absolute atomic E-state index is 11.6. The van der Waals surface area contributed by atoms with Crippen molar-refractivity contribution in [1.29, 1.82) is 0 Å². The highest BCUT2D eigenvalue weighted by Crippen LogP contribution is 2.37. The van der Waals surface area contributed by atoms with Crippen LogP contribution in [0.1, 0.15) is 45.6 Å². The monoisotopic (exact) mass is 393 g/mol. The van der Waals surface area contributed by atoms with E-state index in [1.54, 1.807) is 13.8 Å². The predicted octanol–water partition coefficient (Wildman–Crippen LogP) is 6.59. The number of rotatable bonds is 8. The Labute approximate surface area is 171 Å². The zero-order chi connectivity index (χ0) is 20.1. The Morgan fingerprint density at radius 1 is 1.07 bits per heavy atom. The number of carboxylic acid groups (broad SMARTS) is 1. The van der Waals surface area contributed by atoms with E-state index in [1.807, 2.05) is 24.3 Å². The molecule has 0 unspecified atom stereocenters. The number of hydrogen-bond acceptors (Lipinski definition) is 3. The summed E-state index contributed by atoms with van der Waals surface area (Å²) >= 11 is 1.29. The minimum atomic E-state index is -0.936. The minimum absolute atomic E-state index is 0.734. The van der Waals surface area contributed by atoms with Gasteiger partial charge in [-0.25, -0.2) is 4.98 Å². The Morgan fingerprint density at radius 2 is 1.82 bits per heavy atom. The molecule has 146 valence electrons. The quantitative estimate of drug-likeness (QED) is 0.346. The molecule has 1 heterocycles. The number of aliphatic carboxylic acids is 1. The fourth-order valence-electron chi connectivity index (χ4n) is 3.20. The summed E-state index contributed by atoms with van der Waals surface area (Å²) in [6.45, 7) is 5.64. The van der Waals surface area contributed by atoms with Crippen LogP contribution in [0.5, 0.6) is 0 Å². The van der Waals surface area contributed by atoms with E-state index < -0.39 is 10.7 Å². The summed E-state index contributed by atoms with van der Waals surface area (Å²) in [5, 5.41) is 11.3. The van der Waals surface area contributed by atoms with Crippen molar-refractivity contribution in [2.24, 2.45) is 0 Å². The number of pyridine rings is 1. The van der Waals surface area contributed by atoms with Gasteiger partial charge in [-0.3, -0.25) is 4.79 Å². The first kappa shape index (κ1) is 20.4. The second kappa shape index (κ2) is 8.78. The number of thioether (sulfide) groups is 1. The van der Waals surface area contributed by atoms with Crippen molar-refractivity contribution in [2.75, 3.05) is 0 Å². The van der Waals surface area contributed by atoms with Crippen molar-refractivity contribution in [1.82, 2.24) is 4.98 Å². The molecule has 3 rings (SSSR count). The van der Waals surface area contributed by atoms with Crippen LogP contribution in [0.3, 0.4) is 0 Å². The van der Waals surface area contributed by atoms with Gasteiger partial charge in [-0.15, -0.1) is 0 Å². The van der Waals surface area contributed by atoms with E-state index in [9.17, 15) is 9.90 Å². The van der Waals surface area contributed by atoms with Gasteiger partial charge >= 0.3 is 5.97 Å². The summed E-state index contributed by atoms with van der Waals surface area (Å²) < 4.78 is -0.936. The summed E-state index contributed by atoms with van der Waals surface area (Å²) in [4.78, 5) is 16.3. The normalized spacial score (nSPS) is 11.7. The van der Waals surface area contributed by atoms with Gasteiger partial charge in [0.05, 0.1) is 10.5 Å². The highest BCUT2D eigenvalue weighted by atomic mass is 32.2. The number of fused-ring (bicyclic) bond motifs is 1. The molecule has 2 aromatic carbocycles. The lowest BCUT2D eigenvalue weighted by molar-refractivity contribution is -0.138. The summed E-state index contributed by atoms with van der Waals surface area (Å²) in [6.07, 6.45) is 4.71.